The van der Waals surface area contributed by atoms with E-state index in [2.05, 4.69) is 29.4 Å². The summed E-state index contributed by atoms with van der Waals surface area (Å²) in [7, 11) is 0. The van der Waals surface area contributed by atoms with Gasteiger partial charge in [-0.2, -0.15) is 0 Å². The second kappa shape index (κ2) is 8.00. The number of benzene rings is 2. The number of hydrogen-bond donors (Lipinski definition) is 1. The van der Waals surface area contributed by atoms with Gasteiger partial charge in [-0.3, -0.25) is 4.79 Å². The predicted molar refractivity (Wildman–Crippen MR) is 104 cm³/mol. The van der Waals surface area contributed by atoms with Gasteiger partial charge in [0.15, 0.2) is 0 Å². The van der Waals surface area contributed by atoms with Gasteiger partial charge < -0.3 is 10.1 Å². The lowest BCUT2D eigenvalue weighted by molar-refractivity contribution is 0.0940. The van der Waals surface area contributed by atoms with Gasteiger partial charge in [0, 0.05) is 17.5 Å². The number of amides is 1. The van der Waals surface area contributed by atoms with Crippen LogP contribution in [-0.2, 0) is 6.61 Å². The molecule has 134 valence electrons. The largest absolute Gasteiger partial charge is 0.473 e. The molecule has 3 aromatic rings. The minimum atomic E-state index is -0.0989. The molecule has 2 aromatic carbocycles. The number of hydrogen-bond acceptors (Lipinski definition) is 3. The number of ether oxygens (including phenoxy) is 1. The second-order valence-corrected chi connectivity index (χ2v) is 6.58. The molecule has 0 radical (unpaired) electrons. The zero-order valence-corrected chi connectivity index (χ0v) is 15.5. The molecule has 0 fully saturated rings. The standard InChI is InChI=1S/C22H24N2O2/c1-4-16(3)23-22(25)19-13-21(24-20-8-6-5-7-18(19)20)26-14-17-11-9-15(2)10-12-17/h5-13,16H,4,14H2,1-3H3,(H,23,25)/t16-/m0/s1. The number of carbonyl (C=O) groups is 1. The Morgan fingerprint density at radius 2 is 1.88 bits per heavy atom. The quantitative estimate of drug-likeness (QED) is 0.705. The molecule has 4 heteroatoms. The van der Waals surface area contributed by atoms with Crippen molar-refractivity contribution in [2.45, 2.75) is 39.8 Å². The number of pyridine rings is 1. The topological polar surface area (TPSA) is 51.2 Å². The summed E-state index contributed by atoms with van der Waals surface area (Å²) in [6.45, 7) is 6.51. The van der Waals surface area contributed by atoms with Crippen molar-refractivity contribution in [2.75, 3.05) is 0 Å². The van der Waals surface area contributed by atoms with Crippen molar-refractivity contribution in [3.05, 3.63) is 71.3 Å². The van der Waals surface area contributed by atoms with Crippen molar-refractivity contribution in [1.82, 2.24) is 10.3 Å². The van der Waals surface area contributed by atoms with Gasteiger partial charge in [-0.1, -0.05) is 55.0 Å². The van der Waals surface area contributed by atoms with Gasteiger partial charge >= 0.3 is 0 Å². The van der Waals surface area contributed by atoms with Crippen LogP contribution in [0.15, 0.2) is 54.6 Å². The molecule has 1 aromatic heterocycles. The number of rotatable bonds is 6. The lowest BCUT2D eigenvalue weighted by atomic mass is 10.1. The van der Waals surface area contributed by atoms with Crippen molar-refractivity contribution in [2.24, 2.45) is 0 Å². The van der Waals surface area contributed by atoms with Crippen LogP contribution in [0.25, 0.3) is 10.9 Å². The summed E-state index contributed by atoms with van der Waals surface area (Å²) in [6, 6.07) is 17.7. The molecule has 0 aliphatic rings. The molecule has 1 amide bonds. The van der Waals surface area contributed by atoms with Crippen LogP contribution in [0.1, 0.15) is 41.8 Å². The zero-order chi connectivity index (χ0) is 18.5. The summed E-state index contributed by atoms with van der Waals surface area (Å²) < 4.78 is 5.87. The molecule has 1 N–H and O–H groups in total. The fourth-order valence-electron chi connectivity index (χ4n) is 2.66. The summed E-state index contributed by atoms with van der Waals surface area (Å²) in [5.74, 6) is 0.358. The first-order chi connectivity index (χ1) is 12.6. The number of carbonyl (C=O) groups excluding carboxylic acids is 1. The van der Waals surface area contributed by atoms with E-state index in [1.54, 1.807) is 6.07 Å². The number of fused-ring (bicyclic) bond motifs is 1. The normalized spacial score (nSPS) is 12.0. The maximum absolute atomic E-state index is 12.7. The molecule has 0 saturated carbocycles. The maximum atomic E-state index is 12.7. The van der Waals surface area contributed by atoms with Gasteiger partial charge in [0.25, 0.3) is 5.91 Å². The first kappa shape index (κ1) is 17.9. The Bertz CT molecular complexity index is 904. The first-order valence-corrected chi connectivity index (χ1v) is 8.96. The zero-order valence-electron chi connectivity index (χ0n) is 15.5. The molecule has 4 nitrogen and oxygen atoms in total. The van der Waals surface area contributed by atoms with Gasteiger partial charge in [-0.15, -0.1) is 0 Å². The Hall–Kier alpha value is -2.88. The van der Waals surface area contributed by atoms with E-state index in [1.165, 1.54) is 5.56 Å². The third-order valence-electron chi connectivity index (χ3n) is 4.43. The summed E-state index contributed by atoms with van der Waals surface area (Å²) in [4.78, 5) is 17.2. The van der Waals surface area contributed by atoms with Gasteiger partial charge in [-0.25, -0.2) is 4.98 Å². The average molecular weight is 348 g/mol. The molecule has 3 rings (SSSR count). The summed E-state index contributed by atoms with van der Waals surface area (Å²) in [6.07, 6.45) is 0.880. The second-order valence-electron chi connectivity index (χ2n) is 6.58. The van der Waals surface area contributed by atoms with Gasteiger partial charge in [0.05, 0.1) is 11.1 Å². The van der Waals surface area contributed by atoms with Crippen molar-refractivity contribution in [3.63, 3.8) is 0 Å². The van der Waals surface area contributed by atoms with Crippen LogP contribution >= 0.6 is 0 Å². The van der Waals surface area contributed by atoms with Crippen molar-refractivity contribution in [3.8, 4) is 5.88 Å². The van der Waals surface area contributed by atoms with Crippen molar-refractivity contribution >= 4 is 16.8 Å². The molecule has 1 heterocycles. The number of para-hydroxylation sites is 1. The van der Waals surface area contributed by atoms with Crippen LogP contribution in [0.5, 0.6) is 5.88 Å². The van der Waals surface area contributed by atoms with Crippen LogP contribution in [0.2, 0.25) is 0 Å². The number of nitrogens with zero attached hydrogens (tertiary/aromatic N) is 1. The Labute approximate surface area is 154 Å². The molecule has 26 heavy (non-hydrogen) atoms. The van der Waals surface area contributed by atoms with Gasteiger partial charge in [-0.05, 0) is 31.9 Å². The highest BCUT2D eigenvalue weighted by atomic mass is 16.5. The molecule has 0 saturated heterocycles. The van der Waals surface area contributed by atoms with E-state index in [-0.39, 0.29) is 11.9 Å². The monoisotopic (exact) mass is 348 g/mol. The van der Waals surface area contributed by atoms with E-state index in [0.717, 1.165) is 22.9 Å². The summed E-state index contributed by atoms with van der Waals surface area (Å²) >= 11 is 0. The Balaban J connectivity index is 1.88. The van der Waals surface area contributed by atoms with Crippen LogP contribution in [0.4, 0.5) is 0 Å². The summed E-state index contributed by atoms with van der Waals surface area (Å²) in [5.41, 5.74) is 3.62. The molecule has 0 aliphatic heterocycles. The third kappa shape index (κ3) is 4.20. The highest BCUT2D eigenvalue weighted by molar-refractivity contribution is 6.06. The Kier molecular flexibility index (Phi) is 5.52. The highest BCUT2D eigenvalue weighted by Gasteiger charge is 2.15. The van der Waals surface area contributed by atoms with Crippen molar-refractivity contribution < 1.29 is 9.53 Å². The number of aromatic nitrogens is 1. The van der Waals surface area contributed by atoms with E-state index in [1.807, 2.05) is 50.2 Å². The van der Waals surface area contributed by atoms with Gasteiger partial charge in [0.1, 0.15) is 6.61 Å². The molecule has 0 bridgehead atoms. The lowest BCUT2D eigenvalue weighted by Crippen LogP contribution is -2.32. The highest BCUT2D eigenvalue weighted by Crippen LogP contribution is 2.23. The van der Waals surface area contributed by atoms with E-state index in [9.17, 15) is 4.79 Å². The first-order valence-electron chi connectivity index (χ1n) is 8.96. The molecule has 1 atom stereocenters. The lowest BCUT2D eigenvalue weighted by Gasteiger charge is -2.14. The average Bonchev–Trinajstić information content (AvgIpc) is 2.66. The van der Waals surface area contributed by atoms with E-state index in [4.69, 9.17) is 4.74 Å². The number of nitrogens with one attached hydrogen (secondary N) is 1. The van der Waals surface area contributed by atoms with E-state index >= 15 is 0 Å². The van der Waals surface area contributed by atoms with Gasteiger partial charge in [0.2, 0.25) is 5.88 Å². The molecular formula is C22H24N2O2. The molecule has 0 aliphatic carbocycles. The smallest absolute Gasteiger partial charge is 0.252 e. The minimum absolute atomic E-state index is 0.0989. The Morgan fingerprint density at radius 3 is 2.62 bits per heavy atom. The van der Waals surface area contributed by atoms with E-state index < -0.39 is 0 Å². The Morgan fingerprint density at radius 1 is 1.15 bits per heavy atom. The van der Waals surface area contributed by atoms with Crippen molar-refractivity contribution in [1.29, 1.82) is 0 Å². The molecular weight excluding hydrogens is 324 g/mol. The maximum Gasteiger partial charge on any atom is 0.252 e. The fourth-order valence-corrected chi connectivity index (χ4v) is 2.66. The van der Waals surface area contributed by atoms with Crippen LogP contribution in [0.3, 0.4) is 0 Å². The predicted octanol–water partition coefficient (Wildman–Crippen LogP) is 4.65. The third-order valence-corrected chi connectivity index (χ3v) is 4.43. The number of aryl methyl sites for hydroxylation is 1. The van der Waals surface area contributed by atoms with Crippen LogP contribution < -0.4 is 10.1 Å². The SMILES string of the molecule is CC[C@H](C)NC(=O)c1cc(OCc2ccc(C)cc2)nc2ccccc12. The minimum Gasteiger partial charge on any atom is -0.473 e. The molecule has 0 spiro atoms. The fraction of sp³-hybridized carbons (Fsp3) is 0.273. The molecule has 0 unspecified atom stereocenters. The van der Waals surface area contributed by atoms with E-state index in [0.29, 0.717) is 18.1 Å². The van der Waals surface area contributed by atoms with Crippen LogP contribution in [0, 0.1) is 6.92 Å². The van der Waals surface area contributed by atoms with Crippen LogP contribution in [-0.4, -0.2) is 16.9 Å². The summed E-state index contributed by atoms with van der Waals surface area (Å²) in [5, 5.41) is 3.85.